The molecule has 2 saturated heterocycles. The Hall–Kier alpha value is -1.44. The van der Waals surface area contributed by atoms with Gasteiger partial charge in [-0.2, -0.15) is 0 Å². The first kappa shape index (κ1) is 20.3. The first-order chi connectivity index (χ1) is 12.8. The van der Waals surface area contributed by atoms with Crippen LogP contribution in [0.1, 0.15) is 32.3 Å². The Balaban J connectivity index is 1.57. The van der Waals surface area contributed by atoms with Crippen LogP contribution < -0.4 is 0 Å². The molecular weight excluding hydrogens is 362 g/mol. The average molecular weight is 394 g/mol. The number of benzene rings is 1. The lowest BCUT2D eigenvalue weighted by atomic mass is 9.95. The van der Waals surface area contributed by atoms with E-state index < -0.39 is 10.0 Å². The Bertz CT molecular complexity index is 733. The smallest absolute Gasteiger partial charge is 0.225 e. The van der Waals surface area contributed by atoms with Crippen molar-refractivity contribution in [2.24, 2.45) is 5.92 Å². The molecule has 0 aromatic heterocycles. The van der Waals surface area contributed by atoms with Crippen LogP contribution in [0.15, 0.2) is 30.3 Å². The van der Waals surface area contributed by atoms with Crippen LogP contribution in [0.4, 0.5) is 0 Å². The van der Waals surface area contributed by atoms with Gasteiger partial charge in [-0.25, -0.2) is 12.7 Å². The summed E-state index contributed by atoms with van der Waals surface area (Å²) in [7, 11) is -3.15. The zero-order chi connectivity index (χ0) is 19.6. The van der Waals surface area contributed by atoms with E-state index in [1.54, 1.807) is 0 Å². The first-order valence-corrected chi connectivity index (χ1v) is 11.6. The summed E-state index contributed by atoms with van der Waals surface area (Å²) >= 11 is 0. The van der Waals surface area contributed by atoms with Crippen LogP contribution in [0.3, 0.4) is 0 Å². The number of nitrogens with zero attached hydrogens (tertiary/aromatic N) is 3. The maximum Gasteiger partial charge on any atom is 0.225 e. The summed E-state index contributed by atoms with van der Waals surface area (Å²) in [5.74, 6) is 0.143. The fourth-order valence-electron chi connectivity index (χ4n) is 4.34. The molecule has 1 aromatic rings. The molecule has 7 heteroatoms. The lowest BCUT2D eigenvalue weighted by Crippen LogP contribution is -2.59. The predicted molar refractivity (Wildman–Crippen MR) is 107 cm³/mol. The van der Waals surface area contributed by atoms with Gasteiger partial charge in [0.1, 0.15) is 0 Å². The number of carbonyl (C=O) groups excluding carboxylic acids is 1. The number of rotatable bonds is 4. The lowest BCUT2D eigenvalue weighted by molar-refractivity contribution is -0.141. The summed E-state index contributed by atoms with van der Waals surface area (Å²) in [4.78, 5) is 17.5. The van der Waals surface area contributed by atoms with Crippen molar-refractivity contribution >= 4 is 15.9 Å². The molecule has 150 valence electrons. The SMILES string of the molecule is CC1CN(C(=O)C2CCN(S(C)(=O)=O)CC2)CC(C)N1Cc1ccccc1. The van der Waals surface area contributed by atoms with Crippen molar-refractivity contribution in [1.29, 1.82) is 0 Å². The second-order valence-electron chi connectivity index (χ2n) is 8.04. The molecule has 0 aliphatic carbocycles. The van der Waals surface area contributed by atoms with Gasteiger partial charge in [0.05, 0.1) is 6.26 Å². The fourth-order valence-corrected chi connectivity index (χ4v) is 5.21. The van der Waals surface area contributed by atoms with E-state index in [4.69, 9.17) is 0 Å². The van der Waals surface area contributed by atoms with Gasteiger partial charge in [0.2, 0.25) is 15.9 Å². The first-order valence-electron chi connectivity index (χ1n) is 9.79. The van der Waals surface area contributed by atoms with Crippen LogP contribution in [0, 0.1) is 5.92 Å². The summed E-state index contributed by atoms with van der Waals surface area (Å²) in [5.41, 5.74) is 1.30. The van der Waals surface area contributed by atoms with Gasteiger partial charge in [0, 0.05) is 50.7 Å². The summed E-state index contributed by atoms with van der Waals surface area (Å²) in [6.07, 6.45) is 2.49. The topological polar surface area (TPSA) is 60.9 Å². The third-order valence-corrected chi connectivity index (χ3v) is 7.20. The van der Waals surface area contributed by atoms with Gasteiger partial charge >= 0.3 is 0 Å². The van der Waals surface area contributed by atoms with Crippen molar-refractivity contribution in [2.75, 3.05) is 32.4 Å². The number of piperidine rings is 1. The van der Waals surface area contributed by atoms with Crippen molar-refractivity contribution in [3.63, 3.8) is 0 Å². The van der Waals surface area contributed by atoms with Crippen LogP contribution >= 0.6 is 0 Å². The Morgan fingerprint density at radius 1 is 1.04 bits per heavy atom. The van der Waals surface area contributed by atoms with Gasteiger partial charge in [0.15, 0.2) is 0 Å². The van der Waals surface area contributed by atoms with Crippen molar-refractivity contribution in [3.05, 3.63) is 35.9 Å². The van der Waals surface area contributed by atoms with Crippen LogP contribution in [-0.4, -0.2) is 72.9 Å². The third-order valence-electron chi connectivity index (χ3n) is 5.89. The highest BCUT2D eigenvalue weighted by Crippen LogP contribution is 2.25. The minimum atomic E-state index is -3.15. The maximum absolute atomic E-state index is 13.0. The molecule has 3 rings (SSSR count). The highest BCUT2D eigenvalue weighted by Gasteiger charge is 2.36. The highest BCUT2D eigenvalue weighted by molar-refractivity contribution is 7.88. The van der Waals surface area contributed by atoms with Gasteiger partial charge in [0.25, 0.3) is 0 Å². The predicted octanol–water partition coefficient (Wildman–Crippen LogP) is 1.78. The Morgan fingerprint density at radius 2 is 1.59 bits per heavy atom. The van der Waals surface area contributed by atoms with E-state index in [2.05, 4.69) is 43.0 Å². The van der Waals surface area contributed by atoms with Crippen LogP contribution in [0.5, 0.6) is 0 Å². The fraction of sp³-hybridized carbons (Fsp3) is 0.650. The second kappa shape index (κ2) is 8.29. The van der Waals surface area contributed by atoms with Crippen molar-refractivity contribution < 1.29 is 13.2 Å². The molecule has 0 bridgehead atoms. The molecule has 6 nitrogen and oxygen atoms in total. The number of amides is 1. The number of sulfonamides is 1. The zero-order valence-corrected chi connectivity index (χ0v) is 17.4. The highest BCUT2D eigenvalue weighted by atomic mass is 32.2. The van der Waals surface area contributed by atoms with Gasteiger partial charge in [-0.15, -0.1) is 0 Å². The summed E-state index contributed by atoms with van der Waals surface area (Å²) < 4.78 is 24.8. The number of piperazine rings is 1. The second-order valence-corrected chi connectivity index (χ2v) is 10.0. The molecule has 1 amide bonds. The van der Waals surface area contributed by atoms with Crippen LogP contribution in [-0.2, 0) is 21.4 Å². The van der Waals surface area contributed by atoms with E-state index in [1.807, 2.05) is 11.0 Å². The molecule has 27 heavy (non-hydrogen) atoms. The van der Waals surface area contributed by atoms with Crippen molar-refractivity contribution in [3.8, 4) is 0 Å². The monoisotopic (exact) mass is 393 g/mol. The Morgan fingerprint density at radius 3 is 2.11 bits per heavy atom. The van der Waals surface area contributed by atoms with Crippen molar-refractivity contribution in [1.82, 2.24) is 14.1 Å². The molecule has 2 heterocycles. The third kappa shape index (κ3) is 4.89. The van der Waals surface area contributed by atoms with E-state index >= 15 is 0 Å². The Labute approximate surface area is 163 Å². The molecule has 0 N–H and O–H groups in total. The van der Waals surface area contributed by atoms with Gasteiger partial charge in [-0.1, -0.05) is 30.3 Å². The van der Waals surface area contributed by atoms with Crippen LogP contribution in [0.25, 0.3) is 0 Å². The van der Waals surface area contributed by atoms with E-state index in [9.17, 15) is 13.2 Å². The van der Waals surface area contributed by atoms with Crippen LogP contribution in [0.2, 0.25) is 0 Å². The molecule has 0 spiro atoms. The summed E-state index contributed by atoms with van der Waals surface area (Å²) in [6, 6.07) is 11.0. The molecule has 2 atom stereocenters. The van der Waals surface area contributed by atoms with Gasteiger partial charge in [-0.05, 0) is 32.3 Å². The van der Waals surface area contributed by atoms with Crippen molar-refractivity contribution in [2.45, 2.75) is 45.3 Å². The van der Waals surface area contributed by atoms with E-state index in [1.165, 1.54) is 16.1 Å². The van der Waals surface area contributed by atoms with Gasteiger partial charge in [-0.3, -0.25) is 9.69 Å². The summed E-state index contributed by atoms with van der Waals surface area (Å²) in [5, 5.41) is 0. The molecule has 0 radical (unpaired) electrons. The minimum Gasteiger partial charge on any atom is -0.339 e. The average Bonchev–Trinajstić information content (AvgIpc) is 2.64. The minimum absolute atomic E-state index is 0.0527. The lowest BCUT2D eigenvalue weighted by Gasteiger charge is -2.45. The number of hydrogen-bond acceptors (Lipinski definition) is 4. The molecule has 0 saturated carbocycles. The molecule has 2 aliphatic heterocycles. The molecular formula is C20H31N3O3S. The Kier molecular flexibility index (Phi) is 6.23. The molecule has 2 aliphatic rings. The maximum atomic E-state index is 13.0. The molecule has 2 unspecified atom stereocenters. The number of carbonyl (C=O) groups is 1. The van der Waals surface area contributed by atoms with E-state index in [-0.39, 0.29) is 11.8 Å². The standard InChI is InChI=1S/C20H31N3O3S/c1-16-13-21(14-17(2)23(16)15-18-7-5-4-6-8-18)20(24)19-9-11-22(12-10-19)27(3,25)26/h4-8,16-17,19H,9-15H2,1-3H3. The summed E-state index contributed by atoms with van der Waals surface area (Å²) in [6.45, 7) is 7.65. The van der Waals surface area contributed by atoms with E-state index in [0.29, 0.717) is 38.0 Å². The largest absolute Gasteiger partial charge is 0.339 e. The quantitative estimate of drug-likeness (QED) is 0.782. The van der Waals surface area contributed by atoms with E-state index in [0.717, 1.165) is 19.6 Å². The van der Waals surface area contributed by atoms with Gasteiger partial charge < -0.3 is 4.90 Å². The molecule has 2 fully saturated rings. The normalized spacial score (nSPS) is 26.3. The zero-order valence-electron chi connectivity index (χ0n) is 16.5. The molecule has 1 aromatic carbocycles. The number of hydrogen-bond donors (Lipinski definition) is 0.